The second-order valence-corrected chi connectivity index (χ2v) is 6.56. The van der Waals surface area contributed by atoms with Gasteiger partial charge >= 0.3 is 0 Å². The number of ether oxygens (including phenoxy) is 1. The lowest BCUT2D eigenvalue weighted by Gasteiger charge is -2.24. The summed E-state index contributed by atoms with van der Waals surface area (Å²) in [7, 11) is 0. The van der Waals surface area contributed by atoms with Crippen LogP contribution in [0.4, 0.5) is 5.69 Å². The van der Waals surface area contributed by atoms with Crippen LogP contribution in [0.5, 0.6) is 5.75 Å². The quantitative estimate of drug-likeness (QED) is 0.744. The molecule has 1 aliphatic rings. The molecule has 0 spiro atoms. The Morgan fingerprint density at radius 2 is 1.82 bits per heavy atom. The molecule has 0 aliphatic carbocycles. The van der Waals surface area contributed by atoms with Gasteiger partial charge in [-0.15, -0.1) is 12.4 Å². The molecule has 1 atom stereocenters. The maximum atomic E-state index is 12.7. The minimum atomic E-state index is -0.422. The minimum Gasteiger partial charge on any atom is -0.492 e. The minimum absolute atomic E-state index is 0. The molecule has 3 rings (SSSR count). The van der Waals surface area contributed by atoms with Crippen LogP contribution in [-0.2, 0) is 16.0 Å². The van der Waals surface area contributed by atoms with Crippen molar-refractivity contribution < 1.29 is 14.3 Å². The van der Waals surface area contributed by atoms with Crippen molar-refractivity contribution in [2.45, 2.75) is 25.3 Å². The van der Waals surface area contributed by atoms with Crippen LogP contribution in [0.25, 0.3) is 0 Å². The predicted molar refractivity (Wildman–Crippen MR) is 112 cm³/mol. The Labute approximate surface area is 171 Å². The summed E-state index contributed by atoms with van der Waals surface area (Å²) in [5.74, 6) is 0.549. The van der Waals surface area contributed by atoms with Gasteiger partial charge in [0.15, 0.2) is 0 Å². The fourth-order valence-electron chi connectivity index (χ4n) is 3.25. The highest BCUT2D eigenvalue weighted by molar-refractivity contribution is 5.97. The van der Waals surface area contributed by atoms with Gasteiger partial charge < -0.3 is 20.7 Å². The van der Waals surface area contributed by atoms with Crippen LogP contribution >= 0.6 is 12.4 Å². The van der Waals surface area contributed by atoms with Crippen LogP contribution in [-0.4, -0.2) is 42.5 Å². The average molecular weight is 404 g/mol. The maximum absolute atomic E-state index is 12.7. The number of halogens is 1. The molecule has 1 aliphatic heterocycles. The predicted octanol–water partition coefficient (Wildman–Crippen LogP) is 2.62. The Morgan fingerprint density at radius 1 is 1.11 bits per heavy atom. The van der Waals surface area contributed by atoms with Gasteiger partial charge in [0.2, 0.25) is 11.8 Å². The lowest BCUT2D eigenvalue weighted by atomic mass is 10.1. The number of rotatable bonds is 7. The molecule has 2 aromatic carbocycles. The van der Waals surface area contributed by atoms with Crippen molar-refractivity contribution in [2.75, 3.05) is 25.0 Å². The van der Waals surface area contributed by atoms with Crippen LogP contribution in [0.1, 0.15) is 18.4 Å². The average Bonchev–Trinajstić information content (AvgIpc) is 3.18. The van der Waals surface area contributed by atoms with E-state index in [0.29, 0.717) is 44.0 Å². The first-order valence-corrected chi connectivity index (χ1v) is 9.24. The van der Waals surface area contributed by atoms with Gasteiger partial charge in [0.25, 0.3) is 0 Å². The summed E-state index contributed by atoms with van der Waals surface area (Å²) in [5, 5.41) is 2.90. The normalized spacial score (nSPS) is 15.6. The van der Waals surface area contributed by atoms with E-state index in [2.05, 4.69) is 5.32 Å². The van der Waals surface area contributed by atoms with E-state index in [9.17, 15) is 9.59 Å². The number of nitrogens with zero attached hydrogens (tertiary/aromatic N) is 1. The van der Waals surface area contributed by atoms with E-state index >= 15 is 0 Å². The van der Waals surface area contributed by atoms with Crippen LogP contribution < -0.4 is 15.8 Å². The molecule has 6 nitrogen and oxygen atoms in total. The van der Waals surface area contributed by atoms with Gasteiger partial charge in [-0.3, -0.25) is 9.59 Å². The lowest BCUT2D eigenvalue weighted by Crippen LogP contribution is -2.43. The third-order valence-electron chi connectivity index (χ3n) is 4.58. The Morgan fingerprint density at radius 3 is 2.50 bits per heavy atom. The van der Waals surface area contributed by atoms with E-state index in [0.717, 1.165) is 12.0 Å². The standard InChI is InChI=1S/C21H25N3O3.ClH/c22-12-14-27-18-10-8-17(9-11-18)23-21(26)19-7-4-13-24(19)20(25)15-16-5-2-1-3-6-16;/h1-3,5-6,8-11,19H,4,7,12-15,22H2,(H,23,26);1H. The lowest BCUT2D eigenvalue weighted by molar-refractivity contribution is -0.136. The SMILES string of the molecule is Cl.NCCOc1ccc(NC(=O)C2CCCN2C(=O)Cc2ccccc2)cc1. The molecule has 28 heavy (non-hydrogen) atoms. The second-order valence-electron chi connectivity index (χ2n) is 6.56. The molecule has 0 radical (unpaired) electrons. The van der Waals surface area contributed by atoms with Gasteiger partial charge in [-0.05, 0) is 42.7 Å². The zero-order valence-corrected chi connectivity index (χ0v) is 16.5. The van der Waals surface area contributed by atoms with E-state index in [1.54, 1.807) is 29.2 Å². The number of hydrogen-bond acceptors (Lipinski definition) is 4. The van der Waals surface area contributed by atoms with E-state index in [1.165, 1.54) is 0 Å². The Bertz CT molecular complexity index is 768. The van der Waals surface area contributed by atoms with E-state index in [4.69, 9.17) is 10.5 Å². The number of anilines is 1. The highest BCUT2D eigenvalue weighted by Crippen LogP contribution is 2.22. The molecular formula is C21H26ClN3O3. The Hall–Kier alpha value is -2.57. The van der Waals surface area contributed by atoms with Crippen LogP contribution in [0.15, 0.2) is 54.6 Å². The van der Waals surface area contributed by atoms with E-state index < -0.39 is 6.04 Å². The first-order chi connectivity index (χ1) is 13.2. The highest BCUT2D eigenvalue weighted by Gasteiger charge is 2.33. The molecule has 3 N–H and O–H groups in total. The van der Waals surface area contributed by atoms with Crippen molar-refractivity contribution >= 4 is 29.9 Å². The first-order valence-electron chi connectivity index (χ1n) is 9.24. The number of nitrogens with two attached hydrogens (primary N) is 1. The summed E-state index contributed by atoms with van der Waals surface area (Å²) in [5.41, 5.74) is 7.06. The maximum Gasteiger partial charge on any atom is 0.247 e. The monoisotopic (exact) mass is 403 g/mol. The van der Waals surface area contributed by atoms with Crippen molar-refractivity contribution in [3.05, 3.63) is 60.2 Å². The molecule has 7 heteroatoms. The number of benzene rings is 2. The Kier molecular flexibility index (Phi) is 8.29. The Balaban J connectivity index is 0.00000280. The molecule has 0 aromatic heterocycles. The van der Waals surface area contributed by atoms with Crippen molar-refractivity contribution in [2.24, 2.45) is 5.73 Å². The van der Waals surface area contributed by atoms with Crippen LogP contribution in [0, 0.1) is 0 Å². The third kappa shape index (κ3) is 5.71. The van der Waals surface area contributed by atoms with Gasteiger partial charge in [0.05, 0.1) is 6.42 Å². The topological polar surface area (TPSA) is 84.7 Å². The van der Waals surface area contributed by atoms with E-state index in [1.807, 2.05) is 30.3 Å². The van der Waals surface area contributed by atoms with Gasteiger partial charge in [-0.2, -0.15) is 0 Å². The molecule has 1 fully saturated rings. The molecule has 2 aromatic rings. The summed E-state index contributed by atoms with van der Waals surface area (Å²) >= 11 is 0. The number of carbonyl (C=O) groups is 2. The molecule has 150 valence electrons. The zero-order chi connectivity index (χ0) is 19.1. The number of carbonyl (C=O) groups excluding carboxylic acids is 2. The first kappa shape index (κ1) is 21.7. The van der Waals surface area contributed by atoms with Crippen molar-refractivity contribution in [3.8, 4) is 5.75 Å². The van der Waals surface area contributed by atoms with Gasteiger partial charge in [0.1, 0.15) is 18.4 Å². The van der Waals surface area contributed by atoms with Crippen molar-refractivity contribution in [3.63, 3.8) is 0 Å². The molecule has 1 unspecified atom stereocenters. The summed E-state index contributed by atoms with van der Waals surface area (Å²) in [6.45, 7) is 1.52. The van der Waals surface area contributed by atoms with Crippen molar-refractivity contribution in [1.29, 1.82) is 0 Å². The molecular weight excluding hydrogens is 378 g/mol. The fraction of sp³-hybridized carbons (Fsp3) is 0.333. The van der Waals surface area contributed by atoms with Gasteiger partial charge in [0, 0.05) is 18.8 Å². The summed E-state index contributed by atoms with van der Waals surface area (Å²) in [4.78, 5) is 27.0. The van der Waals surface area contributed by atoms with E-state index in [-0.39, 0.29) is 24.2 Å². The highest BCUT2D eigenvalue weighted by atomic mass is 35.5. The summed E-state index contributed by atoms with van der Waals surface area (Å²) in [6, 6.07) is 16.3. The molecule has 0 bridgehead atoms. The smallest absolute Gasteiger partial charge is 0.247 e. The summed E-state index contributed by atoms with van der Waals surface area (Å²) < 4.78 is 5.43. The molecule has 1 heterocycles. The molecule has 1 saturated heterocycles. The number of nitrogens with one attached hydrogen (secondary N) is 1. The van der Waals surface area contributed by atoms with Gasteiger partial charge in [-0.1, -0.05) is 30.3 Å². The fourth-order valence-corrected chi connectivity index (χ4v) is 3.25. The number of likely N-dealkylation sites (tertiary alicyclic amines) is 1. The molecule has 0 saturated carbocycles. The van der Waals surface area contributed by atoms with Crippen molar-refractivity contribution in [1.82, 2.24) is 4.90 Å². The number of amides is 2. The third-order valence-corrected chi connectivity index (χ3v) is 4.58. The number of hydrogen-bond donors (Lipinski definition) is 2. The molecule has 2 amide bonds. The van der Waals surface area contributed by atoms with Crippen LogP contribution in [0.3, 0.4) is 0 Å². The largest absolute Gasteiger partial charge is 0.492 e. The van der Waals surface area contributed by atoms with Crippen LogP contribution in [0.2, 0.25) is 0 Å². The summed E-state index contributed by atoms with van der Waals surface area (Å²) in [6.07, 6.45) is 1.84. The second kappa shape index (κ2) is 10.7. The van der Waals surface area contributed by atoms with Gasteiger partial charge in [-0.25, -0.2) is 0 Å². The zero-order valence-electron chi connectivity index (χ0n) is 15.7.